The predicted octanol–water partition coefficient (Wildman–Crippen LogP) is 1.32. The molecule has 0 fully saturated rings. The average Bonchev–Trinajstić information content (AvgIpc) is 2.88. The maximum atomic E-state index is 12.2. The number of sulfonamides is 1. The van der Waals surface area contributed by atoms with E-state index >= 15 is 0 Å². The summed E-state index contributed by atoms with van der Waals surface area (Å²) in [5.41, 5.74) is -1.02. The summed E-state index contributed by atoms with van der Waals surface area (Å²) in [5.74, 6) is -0.987. The molecule has 110 valence electrons. The van der Waals surface area contributed by atoms with Crippen LogP contribution in [0.1, 0.15) is 26.2 Å². The highest BCUT2D eigenvalue weighted by Crippen LogP contribution is 2.21. The van der Waals surface area contributed by atoms with Crippen molar-refractivity contribution in [2.75, 3.05) is 27.5 Å². The molecule has 1 aromatic carbocycles. The number of aryl methyl sites for hydroxylation is 1. The van der Waals surface area contributed by atoms with E-state index in [9.17, 15) is 8.42 Å². The van der Waals surface area contributed by atoms with Gasteiger partial charge in [-0.25, -0.2) is 13.1 Å². The number of fused-ring (bicyclic) bond motifs is 1. The van der Waals surface area contributed by atoms with Crippen LogP contribution in [0.4, 0.5) is 0 Å². The molecule has 0 aliphatic heterocycles. The number of aromatic amines is 1. The summed E-state index contributed by atoms with van der Waals surface area (Å²) in [4.78, 5) is 0.272. The molecule has 0 atom stereocenters. The van der Waals surface area contributed by atoms with Crippen LogP contribution in [0.15, 0.2) is 24.3 Å². The molecular weight excluding hydrogens is 274 g/mol. The van der Waals surface area contributed by atoms with Crippen LogP contribution in [0, 0.1) is 0 Å². The number of H-pyrrole nitrogens is 1. The highest BCUT2D eigenvalue weighted by Gasteiger charge is 2.11. The largest absolute Gasteiger partial charge is 0.361 e. The fourth-order valence-corrected chi connectivity index (χ4v) is 2.23. The van der Waals surface area contributed by atoms with Crippen molar-refractivity contribution >= 4 is 20.9 Å². The molecule has 2 aromatic rings. The molecule has 2 N–H and O–H groups in total. The van der Waals surface area contributed by atoms with Crippen molar-refractivity contribution in [3.63, 3.8) is 0 Å². The molecule has 6 heteroatoms. The Morgan fingerprint density at radius 1 is 1.60 bits per heavy atom. The minimum Gasteiger partial charge on any atom is -0.361 e. The molecule has 20 heavy (non-hydrogen) atoms. The van der Waals surface area contributed by atoms with Gasteiger partial charge in [-0.05, 0) is 50.6 Å². The maximum absolute atomic E-state index is 12.2. The number of hydrogen-bond acceptors (Lipinski definition) is 3. The van der Waals surface area contributed by atoms with Gasteiger partial charge in [0.15, 0.2) is 1.41 Å². The lowest BCUT2D eigenvalue weighted by atomic mass is 10.1. The minimum absolute atomic E-state index is 0.124. The third-order valence-corrected chi connectivity index (χ3v) is 3.76. The Labute approximate surface area is 138 Å². The van der Waals surface area contributed by atoms with Crippen molar-refractivity contribution in [3.05, 3.63) is 35.5 Å². The number of nitrogens with zero attached hydrogens (tertiary/aromatic N) is 1. The van der Waals surface area contributed by atoms with Gasteiger partial charge in [0.25, 0.3) is 0 Å². The first kappa shape index (κ1) is 5.44. The van der Waals surface area contributed by atoms with E-state index in [0.29, 0.717) is 4.98 Å². The van der Waals surface area contributed by atoms with Crippen LogP contribution >= 0.6 is 0 Å². The number of likely N-dealkylation sites (N-methyl/N-ethyl adjacent to an activating group) is 1. The van der Waals surface area contributed by atoms with Crippen LogP contribution in [-0.2, 0) is 22.2 Å². The molecule has 1 heterocycles. The summed E-state index contributed by atoms with van der Waals surface area (Å²) < 4.78 is 125. The molecule has 0 unspecified atom stereocenters. The second-order valence-electron chi connectivity index (χ2n) is 3.94. The van der Waals surface area contributed by atoms with Crippen molar-refractivity contribution in [2.24, 2.45) is 0 Å². The van der Waals surface area contributed by atoms with Crippen molar-refractivity contribution < 1.29 is 26.3 Å². The smallest absolute Gasteiger partial charge is 0.215 e. The van der Waals surface area contributed by atoms with Gasteiger partial charge in [0, 0.05) is 34.6 Å². The number of rotatable bonds is 6. The van der Waals surface area contributed by atoms with Crippen molar-refractivity contribution in [1.29, 1.82) is 0 Å². The quantitative estimate of drug-likeness (QED) is 0.846. The van der Waals surface area contributed by atoms with E-state index < -0.39 is 66.3 Å². The molecule has 0 spiro atoms. The molecule has 0 radical (unpaired) electrons. The lowest BCUT2D eigenvalue weighted by molar-refractivity contribution is 0.414. The number of nitrogens with one attached hydrogen (secondary N) is 2. The van der Waals surface area contributed by atoms with Gasteiger partial charge in [-0.1, -0.05) is 6.04 Å². The summed E-state index contributed by atoms with van der Waals surface area (Å²) in [5, 5.41) is -0.288. The first-order chi connectivity index (χ1) is 14.6. The van der Waals surface area contributed by atoms with Gasteiger partial charge in [-0.2, -0.15) is 0 Å². The van der Waals surface area contributed by atoms with Crippen molar-refractivity contribution in [2.45, 2.75) is 12.2 Å². The minimum atomic E-state index is -4.28. The Morgan fingerprint density at radius 2 is 2.40 bits per heavy atom. The molecule has 0 amide bonds. The van der Waals surface area contributed by atoms with Crippen LogP contribution in [0.2, 0.25) is 2.82 Å². The van der Waals surface area contributed by atoms with Gasteiger partial charge in [0.05, 0.1) is 9.87 Å². The van der Waals surface area contributed by atoms with Gasteiger partial charge in [-0.15, -0.1) is 0 Å². The molecule has 0 aliphatic carbocycles. The fourth-order valence-electron chi connectivity index (χ4n) is 1.59. The van der Waals surface area contributed by atoms with Gasteiger partial charge >= 0.3 is 0 Å². The molecule has 0 saturated heterocycles. The topological polar surface area (TPSA) is 65.2 Å². The Bertz CT molecular complexity index is 1150. The van der Waals surface area contributed by atoms with Crippen LogP contribution < -0.4 is 4.72 Å². The highest BCUT2D eigenvalue weighted by atomic mass is 32.2. The normalized spacial score (nSPS) is 24.1. The predicted molar refractivity (Wildman–Crippen MR) is 82.2 cm³/mol. The Morgan fingerprint density at radius 3 is 3.10 bits per heavy atom. The van der Waals surface area contributed by atoms with Crippen LogP contribution in [0.5, 0.6) is 0 Å². The maximum Gasteiger partial charge on any atom is 0.215 e. The highest BCUT2D eigenvalue weighted by molar-refractivity contribution is 7.88. The van der Waals surface area contributed by atoms with Gasteiger partial charge in [0.2, 0.25) is 10.0 Å². The van der Waals surface area contributed by atoms with Crippen LogP contribution in [0.25, 0.3) is 10.9 Å². The number of benzene rings is 1. The van der Waals surface area contributed by atoms with Crippen molar-refractivity contribution in [3.8, 4) is 0 Å². The SMILES string of the molecule is [2H]c1c(CS(=O)(=O)N([2H])C)c([2H])c2c(CC([2H])([2H])N(C([2H])([2H])[2H])C([2H])([2H])[2H])cn([2H])c2c1[2H]. The zero-order valence-corrected chi connectivity index (χ0v) is 11.4. The van der Waals surface area contributed by atoms with Crippen molar-refractivity contribution in [1.82, 2.24) is 14.6 Å². The van der Waals surface area contributed by atoms with Crippen LogP contribution in [0.3, 0.4) is 0 Å². The second-order valence-corrected chi connectivity index (χ2v) is 5.76. The van der Waals surface area contributed by atoms with Gasteiger partial charge < -0.3 is 9.88 Å². The molecule has 5 nitrogen and oxygen atoms in total. The summed E-state index contributed by atoms with van der Waals surface area (Å²) >= 11 is 0. The third-order valence-electron chi connectivity index (χ3n) is 2.55. The van der Waals surface area contributed by atoms with E-state index in [2.05, 4.69) is 0 Å². The van der Waals surface area contributed by atoms with E-state index in [1.807, 2.05) is 0 Å². The summed E-state index contributed by atoms with van der Waals surface area (Å²) in [6, 6.07) is -1.93. The summed E-state index contributed by atoms with van der Waals surface area (Å²) in [6.07, 6.45) is 0.0173. The first-order valence-electron chi connectivity index (χ1n) is 11.9. The molecular formula is C14H21N3O2S. The summed E-state index contributed by atoms with van der Waals surface area (Å²) in [7, 11) is -3.37. The van der Waals surface area contributed by atoms with E-state index in [1.165, 1.54) is 0 Å². The molecule has 0 saturated carbocycles. The Hall–Kier alpha value is -1.37. The third kappa shape index (κ3) is 3.59. The number of hydrogen-bond donors (Lipinski definition) is 2. The van der Waals surface area contributed by atoms with E-state index in [0.717, 1.165) is 13.2 Å². The number of aromatic nitrogens is 1. The standard InChI is InChI=1S/C14H21N3O2S/c1-15-20(18,19)10-11-4-5-14-13(8-11)12(9-16-14)6-7-17(2)3/h4-5,8-9,15-16H,6-7,10H2,1-3H3/i2D3,3D3,4D,5D,7D2,8D/hD2. The monoisotopic (exact) mass is 308 g/mol. The lowest BCUT2D eigenvalue weighted by Crippen LogP contribution is -2.20. The first-order valence-corrected chi connectivity index (χ1v) is 7.11. The van der Waals surface area contributed by atoms with E-state index in [-0.39, 0.29) is 26.1 Å². The molecule has 2 rings (SSSR count). The zero-order valence-electron chi connectivity index (χ0n) is 23.6. The molecule has 0 aliphatic rings. The van der Waals surface area contributed by atoms with Crippen LogP contribution in [-0.4, -0.2) is 45.8 Å². The molecule has 0 bridgehead atoms. The van der Waals surface area contributed by atoms with Gasteiger partial charge in [-0.3, -0.25) is 0 Å². The average molecular weight is 308 g/mol. The van der Waals surface area contributed by atoms with E-state index in [1.54, 1.807) is 0 Å². The van der Waals surface area contributed by atoms with Gasteiger partial charge in [0.1, 0.15) is 1.41 Å². The zero-order chi connectivity index (χ0) is 25.9. The molecule has 1 aromatic heterocycles. The van der Waals surface area contributed by atoms with E-state index in [4.69, 9.17) is 17.9 Å². The lowest BCUT2D eigenvalue weighted by Gasteiger charge is -2.08. The fraction of sp³-hybridized carbons (Fsp3) is 0.429. The Balaban J connectivity index is 2.77. The summed E-state index contributed by atoms with van der Waals surface area (Å²) in [6.45, 7) is -9.78. The second kappa shape index (κ2) is 5.95. The Kier molecular flexibility index (Phi) is 1.62.